The van der Waals surface area contributed by atoms with Crippen LogP contribution in [0.25, 0.3) is 17.4 Å². The molecule has 0 fully saturated rings. The molecule has 12 heteroatoms. The van der Waals surface area contributed by atoms with Gasteiger partial charge in [0.25, 0.3) is 11.2 Å². The number of carbonyl (C=O) groups excluding carboxylic acids is 1. The number of rotatable bonds is 6. The summed E-state index contributed by atoms with van der Waals surface area (Å²) in [4.78, 5) is 42.6. The highest BCUT2D eigenvalue weighted by Crippen LogP contribution is 2.35. The number of ether oxygens (including phenoxy) is 1. The molecule has 0 N–H and O–H groups in total. The third-order valence-corrected chi connectivity index (χ3v) is 7.60. The van der Waals surface area contributed by atoms with Crippen LogP contribution in [-0.2, 0) is 9.53 Å². The van der Waals surface area contributed by atoms with Gasteiger partial charge in [-0.1, -0.05) is 52.7 Å². The number of esters is 1. The predicted molar refractivity (Wildman–Crippen MR) is 148 cm³/mol. The Morgan fingerprint density at radius 2 is 2.00 bits per heavy atom. The van der Waals surface area contributed by atoms with Crippen molar-refractivity contribution in [1.82, 2.24) is 4.57 Å². The molecule has 0 radical (unpaired) electrons. The maximum Gasteiger partial charge on any atom is 0.338 e. The highest BCUT2D eigenvalue weighted by Gasteiger charge is 2.34. The zero-order valence-electron chi connectivity index (χ0n) is 20.5. The Labute approximate surface area is 235 Å². The summed E-state index contributed by atoms with van der Waals surface area (Å²) in [7, 11) is 0. The first kappa shape index (κ1) is 26.6. The molecular formula is C27H19Cl2N3O6S. The zero-order valence-corrected chi connectivity index (χ0v) is 22.8. The number of thiazole rings is 1. The summed E-state index contributed by atoms with van der Waals surface area (Å²) in [6.07, 6.45) is 1.53. The Morgan fingerprint density at radius 3 is 2.72 bits per heavy atom. The molecule has 1 aliphatic heterocycles. The van der Waals surface area contributed by atoms with Gasteiger partial charge in [0.05, 0.1) is 32.9 Å². The minimum Gasteiger partial charge on any atom is -0.463 e. The van der Waals surface area contributed by atoms with E-state index in [0.29, 0.717) is 26.8 Å². The van der Waals surface area contributed by atoms with Gasteiger partial charge in [0.15, 0.2) is 4.80 Å². The van der Waals surface area contributed by atoms with Crippen LogP contribution in [0.1, 0.15) is 31.2 Å². The maximum atomic E-state index is 13.7. The molecule has 39 heavy (non-hydrogen) atoms. The van der Waals surface area contributed by atoms with Crippen LogP contribution in [0.2, 0.25) is 10.0 Å². The molecule has 1 aliphatic rings. The minimum absolute atomic E-state index is 0.155. The lowest BCUT2D eigenvalue weighted by Gasteiger charge is -2.25. The van der Waals surface area contributed by atoms with Gasteiger partial charge in [-0.25, -0.2) is 9.79 Å². The second-order valence-electron chi connectivity index (χ2n) is 8.44. The number of allylic oxidation sites excluding steroid dienone is 1. The van der Waals surface area contributed by atoms with Crippen LogP contribution in [0.4, 0.5) is 5.69 Å². The highest BCUT2D eigenvalue weighted by atomic mass is 35.5. The summed E-state index contributed by atoms with van der Waals surface area (Å²) in [6.45, 7) is 3.54. The topological polar surface area (TPSA) is 117 Å². The summed E-state index contributed by atoms with van der Waals surface area (Å²) < 4.78 is 12.9. The lowest BCUT2D eigenvalue weighted by molar-refractivity contribution is -0.384. The lowest BCUT2D eigenvalue weighted by Crippen LogP contribution is -2.40. The van der Waals surface area contributed by atoms with Crippen molar-refractivity contribution in [1.29, 1.82) is 0 Å². The molecule has 198 valence electrons. The molecule has 0 unspecified atom stereocenters. The summed E-state index contributed by atoms with van der Waals surface area (Å²) in [5.41, 5.74) is 0.831. The molecule has 5 rings (SSSR count). The number of nitro benzene ring substituents is 1. The fourth-order valence-electron chi connectivity index (χ4n) is 4.35. The molecule has 9 nitrogen and oxygen atoms in total. The van der Waals surface area contributed by atoms with E-state index in [9.17, 15) is 19.7 Å². The predicted octanol–water partition coefficient (Wildman–Crippen LogP) is 5.27. The van der Waals surface area contributed by atoms with E-state index in [-0.39, 0.29) is 38.7 Å². The summed E-state index contributed by atoms with van der Waals surface area (Å²) in [6, 6.07) is 13.6. The largest absolute Gasteiger partial charge is 0.463 e. The van der Waals surface area contributed by atoms with Crippen molar-refractivity contribution in [2.75, 3.05) is 6.61 Å². The van der Waals surface area contributed by atoms with Crippen LogP contribution in [-0.4, -0.2) is 22.1 Å². The van der Waals surface area contributed by atoms with Crippen LogP contribution in [0.15, 0.2) is 80.1 Å². The van der Waals surface area contributed by atoms with Gasteiger partial charge in [0.1, 0.15) is 17.6 Å². The monoisotopic (exact) mass is 583 g/mol. The van der Waals surface area contributed by atoms with E-state index in [0.717, 1.165) is 11.3 Å². The van der Waals surface area contributed by atoms with Gasteiger partial charge in [0, 0.05) is 22.2 Å². The van der Waals surface area contributed by atoms with E-state index in [1.807, 2.05) is 0 Å². The highest BCUT2D eigenvalue weighted by molar-refractivity contribution is 7.07. The van der Waals surface area contributed by atoms with E-state index in [1.165, 1.54) is 28.8 Å². The van der Waals surface area contributed by atoms with E-state index < -0.39 is 22.5 Å². The number of nitrogens with zero attached hydrogens (tertiary/aromatic N) is 3. The number of aromatic nitrogens is 1. The van der Waals surface area contributed by atoms with E-state index in [2.05, 4.69) is 4.99 Å². The van der Waals surface area contributed by atoms with Crippen LogP contribution < -0.4 is 14.9 Å². The number of nitro groups is 1. The van der Waals surface area contributed by atoms with Crippen molar-refractivity contribution in [2.24, 2.45) is 4.99 Å². The molecule has 0 saturated heterocycles. The molecule has 2 aromatic heterocycles. The van der Waals surface area contributed by atoms with E-state index in [1.54, 1.807) is 50.2 Å². The zero-order chi connectivity index (χ0) is 27.8. The Hall–Kier alpha value is -3.99. The van der Waals surface area contributed by atoms with Crippen molar-refractivity contribution >= 4 is 52.3 Å². The fraction of sp³-hybridized carbons (Fsp3) is 0.148. The van der Waals surface area contributed by atoms with Gasteiger partial charge in [-0.3, -0.25) is 19.5 Å². The van der Waals surface area contributed by atoms with Gasteiger partial charge < -0.3 is 9.15 Å². The van der Waals surface area contributed by atoms with Crippen molar-refractivity contribution < 1.29 is 18.9 Å². The van der Waals surface area contributed by atoms with Crippen LogP contribution >= 0.6 is 34.5 Å². The average Bonchev–Trinajstić information content (AvgIpc) is 3.48. The SMILES string of the molecule is CCOC(=O)C1=C(C)N=c2s/c(=C\c3ccc(-c4ccc(Cl)cc4[N+](=O)[O-])o3)c(=O)n2[C@H]1c1ccccc1Cl. The minimum atomic E-state index is -0.847. The van der Waals surface area contributed by atoms with E-state index >= 15 is 0 Å². The average molecular weight is 584 g/mol. The Morgan fingerprint density at radius 1 is 1.23 bits per heavy atom. The third-order valence-electron chi connectivity index (χ3n) is 6.04. The standard InChI is InChI=1S/C27H19Cl2N3O6S/c1-3-37-26(34)23-14(2)30-27-31(24(23)17-6-4-5-7-19(17)29)25(33)22(39-27)13-16-9-11-21(38-16)18-10-8-15(28)12-20(18)32(35)36/h4-13,24H,3H2,1-2H3/b22-13-/t24-/m0/s1. The number of hydrogen-bond acceptors (Lipinski definition) is 8. The van der Waals surface area contributed by atoms with Crippen LogP contribution in [0.3, 0.4) is 0 Å². The quantitative estimate of drug-likeness (QED) is 0.173. The first-order valence-electron chi connectivity index (χ1n) is 11.7. The molecule has 2 aromatic carbocycles. The number of halogens is 2. The van der Waals surface area contributed by atoms with Crippen molar-refractivity contribution in [3.63, 3.8) is 0 Å². The van der Waals surface area contributed by atoms with E-state index in [4.69, 9.17) is 32.4 Å². The Kier molecular flexibility index (Phi) is 7.26. The molecule has 0 bridgehead atoms. The molecular weight excluding hydrogens is 565 g/mol. The summed E-state index contributed by atoms with van der Waals surface area (Å²) in [5.74, 6) is -0.0416. The smallest absolute Gasteiger partial charge is 0.338 e. The Bertz CT molecular complexity index is 1850. The molecule has 4 aromatic rings. The molecule has 1 atom stereocenters. The van der Waals surface area contributed by atoms with Gasteiger partial charge in [-0.05, 0) is 49.7 Å². The van der Waals surface area contributed by atoms with Gasteiger partial charge in [0.2, 0.25) is 0 Å². The second kappa shape index (κ2) is 10.6. The van der Waals surface area contributed by atoms with Gasteiger partial charge in [-0.2, -0.15) is 0 Å². The second-order valence-corrected chi connectivity index (χ2v) is 10.3. The Balaban J connectivity index is 1.65. The number of carbonyl (C=O) groups is 1. The number of hydrogen-bond donors (Lipinski definition) is 0. The number of benzene rings is 2. The molecule has 0 spiro atoms. The van der Waals surface area contributed by atoms with Gasteiger partial charge >= 0.3 is 5.97 Å². The van der Waals surface area contributed by atoms with Crippen molar-refractivity contribution in [3.8, 4) is 11.3 Å². The summed E-state index contributed by atoms with van der Waals surface area (Å²) in [5, 5.41) is 12.1. The van der Waals surface area contributed by atoms with Crippen LogP contribution in [0, 0.1) is 10.1 Å². The molecule has 0 aliphatic carbocycles. The van der Waals surface area contributed by atoms with Crippen molar-refractivity contribution in [3.05, 3.63) is 117 Å². The maximum absolute atomic E-state index is 13.7. The number of furan rings is 1. The molecule has 0 amide bonds. The molecule has 0 saturated carbocycles. The lowest BCUT2D eigenvalue weighted by atomic mass is 9.96. The summed E-state index contributed by atoms with van der Waals surface area (Å²) >= 11 is 13.6. The first-order chi connectivity index (χ1) is 18.7. The normalized spacial score (nSPS) is 15.2. The molecule has 3 heterocycles. The number of fused-ring (bicyclic) bond motifs is 1. The van der Waals surface area contributed by atoms with Crippen LogP contribution in [0.5, 0.6) is 0 Å². The third kappa shape index (κ3) is 4.94. The fourth-order valence-corrected chi connectivity index (χ4v) is 5.78. The van der Waals surface area contributed by atoms with Gasteiger partial charge in [-0.15, -0.1) is 0 Å². The van der Waals surface area contributed by atoms with Crippen molar-refractivity contribution in [2.45, 2.75) is 19.9 Å². The first-order valence-corrected chi connectivity index (χ1v) is 13.2.